The van der Waals surface area contributed by atoms with Crippen molar-refractivity contribution in [2.45, 2.75) is 58.9 Å². The number of anilines is 1. The molecule has 140 valence electrons. The van der Waals surface area contributed by atoms with Crippen LogP contribution < -0.4 is 5.01 Å². The molecule has 0 radical (unpaired) electrons. The van der Waals surface area contributed by atoms with E-state index in [0.717, 1.165) is 17.0 Å². The summed E-state index contributed by atoms with van der Waals surface area (Å²) < 4.78 is 2.48. The van der Waals surface area contributed by atoms with Crippen LogP contribution in [0.1, 0.15) is 62.0 Å². The van der Waals surface area contributed by atoms with Crippen LogP contribution in [-0.4, -0.2) is 16.2 Å². The monoisotopic (exact) mass is 361 g/mol. The molecule has 1 aromatic carbocycles. The number of hydrogen-bond donors (Lipinski definition) is 0. The lowest BCUT2D eigenvalue weighted by Crippen LogP contribution is -2.21. The minimum absolute atomic E-state index is 0.0545. The fraction of sp³-hybridized carbons (Fsp3) is 0.391. The molecule has 4 rings (SSSR count). The van der Waals surface area contributed by atoms with Gasteiger partial charge in [-0.15, -0.1) is 0 Å². The molecule has 0 N–H and O–H groups in total. The van der Waals surface area contributed by atoms with Crippen LogP contribution in [0.15, 0.2) is 47.1 Å². The molecule has 1 saturated carbocycles. The van der Waals surface area contributed by atoms with Crippen LogP contribution in [0, 0.1) is 13.8 Å². The lowest BCUT2D eigenvalue weighted by Gasteiger charge is -2.26. The van der Waals surface area contributed by atoms with E-state index in [1.165, 1.54) is 48.5 Å². The normalized spacial score (nSPS) is 19.8. The second-order valence-electron chi connectivity index (χ2n) is 7.68. The molecule has 0 atom stereocenters. The summed E-state index contributed by atoms with van der Waals surface area (Å²) in [4.78, 5) is 13.0. The second kappa shape index (κ2) is 7.18. The molecule has 2 aromatic rings. The predicted octanol–water partition coefficient (Wildman–Crippen LogP) is 5.42. The maximum atomic E-state index is 13.0. The van der Waals surface area contributed by atoms with Crippen molar-refractivity contribution in [1.82, 2.24) is 4.57 Å². The Kier molecular flexibility index (Phi) is 4.73. The van der Waals surface area contributed by atoms with Gasteiger partial charge in [0.25, 0.3) is 5.91 Å². The number of carbonyl (C=O) groups is 1. The zero-order valence-corrected chi connectivity index (χ0v) is 16.4. The summed E-state index contributed by atoms with van der Waals surface area (Å²) in [7, 11) is 0. The topological polar surface area (TPSA) is 37.6 Å². The number of rotatable bonds is 3. The van der Waals surface area contributed by atoms with Crippen LogP contribution in [0.2, 0.25) is 0 Å². The lowest BCUT2D eigenvalue weighted by molar-refractivity contribution is -0.114. The van der Waals surface area contributed by atoms with Gasteiger partial charge in [0.2, 0.25) is 0 Å². The van der Waals surface area contributed by atoms with Crippen molar-refractivity contribution >= 4 is 23.4 Å². The van der Waals surface area contributed by atoms with Crippen LogP contribution in [0.25, 0.3) is 6.08 Å². The van der Waals surface area contributed by atoms with Crippen molar-refractivity contribution in [2.24, 2.45) is 5.10 Å². The molecular formula is C23H27N3O. The van der Waals surface area contributed by atoms with Crippen LogP contribution >= 0.6 is 0 Å². The van der Waals surface area contributed by atoms with E-state index in [0.29, 0.717) is 11.6 Å². The minimum Gasteiger partial charge on any atom is -0.346 e. The third kappa shape index (κ3) is 3.25. The first kappa shape index (κ1) is 17.8. The molecule has 1 fully saturated rings. The van der Waals surface area contributed by atoms with Gasteiger partial charge in [-0.3, -0.25) is 4.79 Å². The number of aromatic nitrogens is 1. The van der Waals surface area contributed by atoms with Gasteiger partial charge in [-0.25, -0.2) is 0 Å². The molecule has 1 aromatic heterocycles. The third-order valence-corrected chi connectivity index (χ3v) is 5.83. The van der Waals surface area contributed by atoms with E-state index in [-0.39, 0.29) is 5.91 Å². The van der Waals surface area contributed by atoms with Crippen LogP contribution in [0.4, 0.5) is 5.69 Å². The smallest absolute Gasteiger partial charge is 0.280 e. The maximum absolute atomic E-state index is 13.0. The van der Waals surface area contributed by atoms with Gasteiger partial charge in [0.15, 0.2) is 0 Å². The van der Waals surface area contributed by atoms with Crippen molar-refractivity contribution in [3.8, 4) is 0 Å². The number of hydrogen-bond acceptors (Lipinski definition) is 2. The van der Waals surface area contributed by atoms with Gasteiger partial charge < -0.3 is 4.57 Å². The van der Waals surface area contributed by atoms with E-state index in [1.54, 1.807) is 0 Å². The van der Waals surface area contributed by atoms with Gasteiger partial charge in [-0.2, -0.15) is 10.1 Å². The summed E-state index contributed by atoms with van der Waals surface area (Å²) in [5.41, 5.74) is 5.93. The van der Waals surface area contributed by atoms with Crippen LogP contribution in [0.3, 0.4) is 0 Å². The first-order chi connectivity index (χ1) is 13.1. The molecule has 1 aliphatic carbocycles. The van der Waals surface area contributed by atoms with Crippen molar-refractivity contribution < 1.29 is 4.79 Å². The van der Waals surface area contributed by atoms with E-state index in [9.17, 15) is 4.79 Å². The molecular weight excluding hydrogens is 334 g/mol. The first-order valence-corrected chi connectivity index (χ1v) is 9.91. The molecule has 2 aliphatic rings. The Bertz CT molecular complexity index is 915. The average Bonchev–Trinajstić information content (AvgIpc) is 3.13. The fourth-order valence-corrected chi connectivity index (χ4v) is 4.43. The fourth-order valence-electron chi connectivity index (χ4n) is 4.43. The van der Waals surface area contributed by atoms with Crippen molar-refractivity contribution in [3.63, 3.8) is 0 Å². The quantitative estimate of drug-likeness (QED) is 0.673. The standard InChI is InChI=1S/C23H27N3O/c1-16-14-19(18(3)25(16)20-10-6-4-7-11-20)15-22-17(2)24-26(23(22)27)21-12-8-5-9-13-21/h5,8-9,12-15,20H,4,6-7,10-11H2,1-3H3/b22-15-. The first-order valence-electron chi connectivity index (χ1n) is 9.91. The highest BCUT2D eigenvalue weighted by Crippen LogP contribution is 2.33. The Balaban J connectivity index is 1.66. The highest BCUT2D eigenvalue weighted by atomic mass is 16.2. The zero-order chi connectivity index (χ0) is 19.0. The average molecular weight is 361 g/mol. The number of aryl methyl sites for hydroxylation is 1. The Morgan fingerprint density at radius 3 is 2.44 bits per heavy atom. The van der Waals surface area contributed by atoms with Crippen LogP contribution in [-0.2, 0) is 4.79 Å². The van der Waals surface area contributed by atoms with Gasteiger partial charge in [-0.1, -0.05) is 37.5 Å². The molecule has 0 spiro atoms. The van der Waals surface area contributed by atoms with Crippen LogP contribution in [0.5, 0.6) is 0 Å². The number of nitrogens with zero attached hydrogens (tertiary/aromatic N) is 3. The largest absolute Gasteiger partial charge is 0.346 e. The molecule has 0 unspecified atom stereocenters. The molecule has 1 amide bonds. The molecule has 0 bridgehead atoms. The van der Waals surface area contributed by atoms with E-state index in [4.69, 9.17) is 0 Å². The molecule has 4 heteroatoms. The SMILES string of the molecule is CC1=NN(c2ccccc2)C(=O)/C1=C\c1cc(C)n(C2CCCCC2)c1C. The highest BCUT2D eigenvalue weighted by molar-refractivity contribution is 6.32. The van der Waals surface area contributed by atoms with Gasteiger partial charge in [0, 0.05) is 17.4 Å². The van der Waals surface area contributed by atoms with E-state index in [1.807, 2.05) is 43.3 Å². The lowest BCUT2D eigenvalue weighted by atomic mass is 9.95. The van der Waals surface area contributed by atoms with Gasteiger partial charge >= 0.3 is 0 Å². The summed E-state index contributed by atoms with van der Waals surface area (Å²) in [6.45, 7) is 6.26. The molecule has 2 heterocycles. The Morgan fingerprint density at radius 1 is 1.04 bits per heavy atom. The summed E-state index contributed by atoms with van der Waals surface area (Å²) in [6.07, 6.45) is 8.52. The molecule has 27 heavy (non-hydrogen) atoms. The van der Waals surface area contributed by atoms with Gasteiger partial charge in [0.05, 0.1) is 17.0 Å². The third-order valence-electron chi connectivity index (χ3n) is 5.83. The summed E-state index contributed by atoms with van der Waals surface area (Å²) in [5, 5.41) is 5.99. The Hall–Kier alpha value is -2.62. The summed E-state index contributed by atoms with van der Waals surface area (Å²) in [6, 6.07) is 12.4. The highest BCUT2D eigenvalue weighted by Gasteiger charge is 2.29. The van der Waals surface area contributed by atoms with Crippen molar-refractivity contribution in [1.29, 1.82) is 0 Å². The Labute approximate surface area is 161 Å². The predicted molar refractivity (Wildman–Crippen MR) is 111 cm³/mol. The van der Waals surface area contributed by atoms with E-state index in [2.05, 4.69) is 29.6 Å². The maximum Gasteiger partial charge on any atom is 0.280 e. The number of hydrazone groups is 1. The minimum atomic E-state index is -0.0545. The van der Waals surface area contributed by atoms with Gasteiger partial charge in [0.1, 0.15) is 0 Å². The Morgan fingerprint density at radius 2 is 1.74 bits per heavy atom. The van der Waals surface area contributed by atoms with Crippen molar-refractivity contribution in [2.75, 3.05) is 5.01 Å². The van der Waals surface area contributed by atoms with Crippen molar-refractivity contribution in [3.05, 3.63) is 58.9 Å². The second-order valence-corrected chi connectivity index (χ2v) is 7.68. The molecule has 0 saturated heterocycles. The summed E-state index contributed by atoms with van der Waals surface area (Å²) in [5.74, 6) is -0.0545. The summed E-state index contributed by atoms with van der Waals surface area (Å²) >= 11 is 0. The van der Waals surface area contributed by atoms with E-state index >= 15 is 0 Å². The van der Waals surface area contributed by atoms with E-state index < -0.39 is 0 Å². The van der Waals surface area contributed by atoms with Gasteiger partial charge in [-0.05, 0) is 63.5 Å². The molecule has 4 nitrogen and oxygen atoms in total. The molecule has 1 aliphatic heterocycles. The number of para-hydroxylation sites is 1. The zero-order valence-electron chi connectivity index (χ0n) is 16.4. The number of carbonyl (C=O) groups excluding carboxylic acids is 1. The number of benzene rings is 1. The number of amides is 1.